The molecule has 0 heteroatoms. The average molecular weight is 224 g/mol. The van der Waals surface area contributed by atoms with Crippen LogP contribution in [0.3, 0.4) is 0 Å². The van der Waals surface area contributed by atoms with Crippen LogP contribution in [0.4, 0.5) is 0 Å². The Morgan fingerprint density at radius 3 is 2.06 bits per heavy atom. The third kappa shape index (κ3) is 4.89. The molecule has 0 saturated heterocycles. The summed E-state index contributed by atoms with van der Waals surface area (Å²) >= 11 is 0. The van der Waals surface area contributed by atoms with Crippen molar-refractivity contribution < 1.29 is 0 Å². The maximum Gasteiger partial charge on any atom is -0.0383 e. The molecule has 1 rings (SSSR count). The summed E-state index contributed by atoms with van der Waals surface area (Å²) in [7, 11) is 0. The largest absolute Gasteiger partial charge is 0.0622 e. The Morgan fingerprint density at radius 2 is 1.56 bits per heavy atom. The summed E-state index contributed by atoms with van der Waals surface area (Å²) in [4.78, 5) is 0. The zero-order chi connectivity index (χ0) is 12.2. The van der Waals surface area contributed by atoms with E-state index in [0.29, 0.717) is 5.41 Å². The van der Waals surface area contributed by atoms with Crippen molar-refractivity contribution in [2.75, 3.05) is 0 Å². The molecule has 0 radical (unpaired) electrons. The average Bonchev–Trinajstić information content (AvgIpc) is 2.25. The van der Waals surface area contributed by atoms with Crippen molar-refractivity contribution in [1.82, 2.24) is 0 Å². The molecule has 1 saturated carbocycles. The van der Waals surface area contributed by atoms with E-state index in [1.807, 2.05) is 0 Å². The first-order chi connectivity index (χ1) is 7.40. The molecule has 0 amide bonds. The van der Waals surface area contributed by atoms with Crippen molar-refractivity contribution in [2.45, 2.75) is 79.6 Å². The van der Waals surface area contributed by atoms with E-state index in [0.717, 1.165) is 17.8 Å². The fourth-order valence-corrected chi connectivity index (χ4v) is 3.05. The van der Waals surface area contributed by atoms with Crippen LogP contribution in [0.5, 0.6) is 0 Å². The topological polar surface area (TPSA) is 0 Å². The van der Waals surface area contributed by atoms with E-state index in [9.17, 15) is 0 Å². The van der Waals surface area contributed by atoms with Gasteiger partial charge < -0.3 is 0 Å². The minimum atomic E-state index is 0.514. The molecule has 0 nitrogen and oxygen atoms in total. The Morgan fingerprint density at radius 1 is 1.00 bits per heavy atom. The highest BCUT2D eigenvalue weighted by molar-refractivity contribution is 4.76. The molecule has 96 valence electrons. The second-order valence-corrected chi connectivity index (χ2v) is 7.33. The van der Waals surface area contributed by atoms with Gasteiger partial charge in [0.15, 0.2) is 0 Å². The van der Waals surface area contributed by atoms with Gasteiger partial charge >= 0.3 is 0 Å². The summed E-state index contributed by atoms with van der Waals surface area (Å²) in [6, 6.07) is 0. The standard InChI is InChI=1S/C16H32/c1-13(11-12-16(3,4)5)14(2)15-9-7-6-8-10-15/h13-15H,6-12H2,1-5H3. The van der Waals surface area contributed by atoms with Gasteiger partial charge in [-0.3, -0.25) is 0 Å². The smallest absolute Gasteiger partial charge is 0.0383 e. The van der Waals surface area contributed by atoms with E-state index in [2.05, 4.69) is 34.6 Å². The maximum atomic E-state index is 2.50. The van der Waals surface area contributed by atoms with E-state index in [1.165, 1.54) is 44.9 Å². The monoisotopic (exact) mass is 224 g/mol. The van der Waals surface area contributed by atoms with Crippen LogP contribution in [-0.2, 0) is 0 Å². The quantitative estimate of drug-likeness (QED) is 0.577. The highest BCUT2D eigenvalue weighted by Gasteiger charge is 2.25. The molecule has 0 N–H and O–H groups in total. The van der Waals surface area contributed by atoms with Crippen LogP contribution in [0, 0.1) is 23.2 Å². The van der Waals surface area contributed by atoms with Crippen molar-refractivity contribution in [3.05, 3.63) is 0 Å². The minimum absolute atomic E-state index is 0.514. The third-order valence-electron chi connectivity index (χ3n) is 4.64. The molecular weight excluding hydrogens is 192 g/mol. The highest BCUT2D eigenvalue weighted by Crippen LogP contribution is 2.36. The predicted octanol–water partition coefficient (Wildman–Crippen LogP) is 5.67. The van der Waals surface area contributed by atoms with Crippen LogP contribution in [0.25, 0.3) is 0 Å². The molecule has 16 heavy (non-hydrogen) atoms. The van der Waals surface area contributed by atoms with Gasteiger partial charge in [0.25, 0.3) is 0 Å². The summed E-state index contributed by atoms with van der Waals surface area (Å²) in [6.07, 6.45) is 10.3. The molecule has 2 atom stereocenters. The second kappa shape index (κ2) is 6.07. The van der Waals surface area contributed by atoms with E-state index < -0.39 is 0 Å². The SMILES string of the molecule is CC(CCC(C)(C)C)C(C)C1CCCCC1. The lowest BCUT2D eigenvalue weighted by Gasteiger charge is -2.33. The summed E-state index contributed by atoms with van der Waals surface area (Å²) in [5.41, 5.74) is 0.514. The molecule has 2 unspecified atom stereocenters. The first-order valence-corrected chi connectivity index (χ1v) is 7.40. The molecule has 0 aromatic carbocycles. The lowest BCUT2D eigenvalue weighted by atomic mass is 9.73. The molecule has 1 fully saturated rings. The van der Waals surface area contributed by atoms with Gasteiger partial charge in [0.05, 0.1) is 0 Å². The maximum absolute atomic E-state index is 2.50. The minimum Gasteiger partial charge on any atom is -0.0622 e. The van der Waals surface area contributed by atoms with Gasteiger partial charge in [0, 0.05) is 0 Å². The molecule has 1 aliphatic rings. The van der Waals surface area contributed by atoms with Gasteiger partial charge in [-0.05, 0) is 36.0 Å². The Balaban J connectivity index is 2.31. The molecule has 0 aromatic rings. The van der Waals surface area contributed by atoms with Crippen molar-refractivity contribution in [3.8, 4) is 0 Å². The van der Waals surface area contributed by atoms with Crippen LogP contribution in [0.1, 0.15) is 79.6 Å². The van der Waals surface area contributed by atoms with Gasteiger partial charge in [0.2, 0.25) is 0 Å². The fraction of sp³-hybridized carbons (Fsp3) is 1.00. The number of hydrogen-bond donors (Lipinski definition) is 0. The Bertz CT molecular complexity index is 181. The van der Waals surface area contributed by atoms with Crippen molar-refractivity contribution in [1.29, 1.82) is 0 Å². The Hall–Kier alpha value is 0. The summed E-state index contributed by atoms with van der Waals surface area (Å²) in [5.74, 6) is 2.90. The van der Waals surface area contributed by atoms with Crippen molar-refractivity contribution in [2.24, 2.45) is 23.2 Å². The predicted molar refractivity (Wildman–Crippen MR) is 73.6 cm³/mol. The molecule has 0 aromatic heterocycles. The third-order valence-corrected chi connectivity index (χ3v) is 4.64. The van der Waals surface area contributed by atoms with E-state index in [4.69, 9.17) is 0 Å². The fourth-order valence-electron chi connectivity index (χ4n) is 3.05. The van der Waals surface area contributed by atoms with Crippen molar-refractivity contribution >= 4 is 0 Å². The van der Waals surface area contributed by atoms with Crippen LogP contribution in [0.15, 0.2) is 0 Å². The first-order valence-electron chi connectivity index (χ1n) is 7.40. The number of hydrogen-bond acceptors (Lipinski definition) is 0. The van der Waals surface area contributed by atoms with Crippen LogP contribution in [0.2, 0.25) is 0 Å². The lowest BCUT2D eigenvalue weighted by molar-refractivity contribution is 0.182. The Labute approximate surface area is 103 Å². The summed E-state index contributed by atoms with van der Waals surface area (Å²) in [5, 5.41) is 0. The van der Waals surface area contributed by atoms with Crippen molar-refractivity contribution in [3.63, 3.8) is 0 Å². The normalized spacial score (nSPS) is 23.1. The highest BCUT2D eigenvalue weighted by atomic mass is 14.3. The zero-order valence-corrected chi connectivity index (χ0v) is 12.2. The molecule has 0 bridgehead atoms. The van der Waals surface area contributed by atoms with Crippen LogP contribution < -0.4 is 0 Å². The second-order valence-electron chi connectivity index (χ2n) is 7.33. The van der Waals surface area contributed by atoms with Gasteiger partial charge in [0.1, 0.15) is 0 Å². The lowest BCUT2D eigenvalue weighted by Crippen LogP contribution is -2.22. The van der Waals surface area contributed by atoms with E-state index >= 15 is 0 Å². The van der Waals surface area contributed by atoms with E-state index in [-0.39, 0.29) is 0 Å². The van der Waals surface area contributed by atoms with Gasteiger partial charge in [-0.2, -0.15) is 0 Å². The molecule has 0 heterocycles. The summed E-state index contributed by atoms with van der Waals surface area (Å²) < 4.78 is 0. The zero-order valence-electron chi connectivity index (χ0n) is 12.2. The first kappa shape index (κ1) is 14.1. The van der Waals surface area contributed by atoms with Gasteiger partial charge in [-0.1, -0.05) is 66.7 Å². The molecule has 0 aliphatic heterocycles. The van der Waals surface area contributed by atoms with Gasteiger partial charge in [-0.15, -0.1) is 0 Å². The molecule has 1 aliphatic carbocycles. The molecule has 0 spiro atoms. The van der Waals surface area contributed by atoms with E-state index in [1.54, 1.807) is 0 Å². The van der Waals surface area contributed by atoms with Crippen LogP contribution in [-0.4, -0.2) is 0 Å². The van der Waals surface area contributed by atoms with Crippen LogP contribution >= 0.6 is 0 Å². The van der Waals surface area contributed by atoms with Gasteiger partial charge in [-0.25, -0.2) is 0 Å². The Kier molecular flexibility index (Phi) is 5.34. The molecular formula is C16H32. The summed E-state index contributed by atoms with van der Waals surface area (Å²) in [6.45, 7) is 12.1. The number of rotatable bonds is 4.